The van der Waals surface area contributed by atoms with Gasteiger partial charge in [0.1, 0.15) is 5.76 Å². The monoisotopic (exact) mass is 533 g/mol. The Labute approximate surface area is 225 Å². The topological polar surface area (TPSA) is 124 Å². The van der Waals surface area contributed by atoms with Gasteiger partial charge in [0, 0.05) is 6.54 Å². The van der Waals surface area contributed by atoms with Crippen molar-refractivity contribution in [1.29, 1.82) is 0 Å². The summed E-state index contributed by atoms with van der Waals surface area (Å²) < 4.78 is 42.2. The number of nitrogens with zero attached hydrogens (tertiary/aromatic N) is 1. The molecule has 1 saturated heterocycles. The summed E-state index contributed by atoms with van der Waals surface area (Å²) >= 11 is 0. The van der Waals surface area contributed by atoms with Crippen molar-refractivity contribution in [3.63, 3.8) is 0 Å². The van der Waals surface area contributed by atoms with E-state index in [1.165, 1.54) is 21.0 Å². The lowest BCUT2D eigenvalue weighted by Gasteiger charge is -2.39. The molecular formula is C28H37NO9. The molecule has 3 heterocycles. The van der Waals surface area contributed by atoms with Gasteiger partial charge in [-0.05, 0) is 81.8 Å². The number of hydrogen-bond donors (Lipinski definition) is 2. The highest BCUT2D eigenvalue weighted by Crippen LogP contribution is 2.55. The first-order valence-electron chi connectivity index (χ1n) is 14.1. The minimum atomic E-state index is -2.36. The van der Waals surface area contributed by atoms with Gasteiger partial charge < -0.3 is 33.9 Å². The number of fused-ring (bicyclic) bond motifs is 3. The number of carbonyl (C=O) groups excluding carboxylic acids is 2. The third-order valence-electron chi connectivity index (χ3n) is 8.30. The molecule has 3 aliphatic heterocycles. The fourth-order valence-corrected chi connectivity index (χ4v) is 6.38. The Morgan fingerprint density at radius 3 is 2.68 bits per heavy atom. The van der Waals surface area contributed by atoms with Gasteiger partial charge in [-0.1, -0.05) is 0 Å². The molecule has 5 rings (SSSR count). The van der Waals surface area contributed by atoms with E-state index >= 15 is 0 Å². The molecule has 10 nitrogen and oxygen atoms in total. The summed E-state index contributed by atoms with van der Waals surface area (Å²) in [6.07, 6.45) is 2.49. The van der Waals surface area contributed by atoms with Crippen LogP contribution in [0.15, 0.2) is 24.0 Å². The first-order valence-corrected chi connectivity index (χ1v) is 13.0. The molecule has 0 amide bonds. The molecule has 1 aromatic rings. The van der Waals surface area contributed by atoms with E-state index in [0.717, 1.165) is 43.5 Å². The predicted molar refractivity (Wildman–Crippen MR) is 135 cm³/mol. The van der Waals surface area contributed by atoms with Gasteiger partial charge in [-0.3, -0.25) is 9.69 Å². The molecule has 4 atom stereocenters. The average molecular weight is 534 g/mol. The zero-order valence-corrected chi connectivity index (χ0v) is 22.0. The quantitative estimate of drug-likeness (QED) is 0.481. The van der Waals surface area contributed by atoms with Gasteiger partial charge in [0.25, 0.3) is 0 Å². The van der Waals surface area contributed by atoms with Crippen molar-refractivity contribution >= 4 is 11.9 Å². The molecule has 0 radical (unpaired) electrons. The lowest BCUT2D eigenvalue weighted by Crippen LogP contribution is -2.49. The highest BCUT2D eigenvalue weighted by molar-refractivity contribution is 5.86. The molecule has 1 spiro atoms. The van der Waals surface area contributed by atoms with Crippen LogP contribution in [0.1, 0.15) is 65.7 Å². The normalized spacial score (nSPS) is 28.2. The Kier molecular flexibility index (Phi) is 6.21. The van der Waals surface area contributed by atoms with Crippen LogP contribution in [0.4, 0.5) is 0 Å². The molecule has 0 saturated carbocycles. The smallest absolute Gasteiger partial charge is 0.339 e. The molecule has 1 aromatic carbocycles. The Balaban J connectivity index is 1.51. The molecule has 10 heteroatoms. The Hall–Kier alpha value is -2.82. The van der Waals surface area contributed by atoms with Crippen molar-refractivity contribution in [2.24, 2.45) is 0 Å². The van der Waals surface area contributed by atoms with Gasteiger partial charge in [0.15, 0.2) is 23.2 Å². The third-order valence-corrected chi connectivity index (χ3v) is 8.30. The second-order valence-corrected chi connectivity index (χ2v) is 11.3. The summed E-state index contributed by atoms with van der Waals surface area (Å²) in [6.45, 7) is 4.83. The van der Waals surface area contributed by atoms with Crippen LogP contribution < -0.4 is 9.47 Å². The highest BCUT2D eigenvalue weighted by Gasteiger charge is 2.59. The Morgan fingerprint density at radius 2 is 1.97 bits per heavy atom. The predicted octanol–water partition coefficient (Wildman–Crippen LogP) is 2.19. The fraction of sp³-hybridized carbons (Fsp3) is 0.643. The number of aliphatic hydroxyl groups is 2. The van der Waals surface area contributed by atoms with Crippen LogP contribution >= 0.6 is 0 Å². The van der Waals surface area contributed by atoms with Crippen molar-refractivity contribution in [1.82, 2.24) is 4.90 Å². The summed E-state index contributed by atoms with van der Waals surface area (Å²) in [7, 11) is -0.405. The van der Waals surface area contributed by atoms with Crippen LogP contribution in [0, 0.1) is 0 Å². The maximum atomic E-state index is 13.8. The second-order valence-electron chi connectivity index (χ2n) is 11.3. The Bertz CT molecular complexity index is 1200. The number of ether oxygens (including phenoxy) is 5. The Morgan fingerprint density at radius 1 is 1.21 bits per heavy atom. The van der Waals surface area contributed by atoms with E-state index in [0.29, 0.717) is 17.3 Å². The number of hydrogen-bond acceptors (Lipinski definition) is 10. The lowest BCUT2D eigenvalue weighted by molar-refractivity contribution is -0.179. The summed E-state index contributed by atoms with van der Waals surface area (Å²) in [5, 5.41) is 21.8. The molecule has 4 aliphatic rings. The number of benzene rings is 1. The van der Waals surface area contributed by atoms with Crippen molar-refractivity contribution in [2.45, 2.75) is 81.1 Å². The fourth-order valence-electron chi connectivity index (χ4n) is 6.38. The van der Waals surface area contributed by atoms with Gasteiger partial charge in [-0.25, -0.2) is 4.79 Å². The standard InChI is InChI=1S/C28H37NO9/c1-26(2,32)8-9-28(33,15-22(30)35-4)25(31)38-24-21(34-3)14-27-7-5-10-29(27)11-6-17-12-19-20(37-16-36-19)13-18(17)23(24)27/h12-14,23-24,32-33H,5-11,15-16H2,1-4H3/t23-,24?,27+,28?/m1/s1/i4D2. The molecule has 1 fully saturated rings. The molecule has 0 bridgehead atoms. The van der Waals surface area contributed by atoms with E-state index in [1.807, 2.05) is 18.2 Å². The minimum Gasteiger partial charge on any atom is -0.497 e. The van der Waals surface area contributed by atoms with Crippen LogP contribution in [0.5, 0.6) is 11.5 Å². The summed E-state index contributed by atoms with van der Waals surface area (Å²) in [6, 6.07) is 3.92. The summed E-state index contributed by atoms with van der Waals surface area (Å²) in [5.41, 5.74) is -2.09. The number of methoxy groups -OCH3 is 2. The molecule has 0 aromatic heterocycles. The van der Waals surface area contributed by atoms with E-state index in [2.05, 4.69) is 9.64 Å². The maximum Gasteiger partial charge on any atom is 0.339 e. The van der Waals surface area contributed by atoms with Crippen LogP contribution in [0.25, 0.3) is 0 Å². The molecular weight excluding hydrogens is 494 g/mol. The average Bonchev–Trinajstić information content (AvgIpc) is 3.55. The van der Waals surface area contributed by atoms with Gasteiger partial charge in [0.2, 0.25) is 6.79 Å². The van der Waals surface area contributed by atoms with Crippen LogP contribution in [-0.4, -0.2) is 84.0 Å². The van der Waals surface area contributed by atoms with Gasteiger partial charge in [-0.15, -0.1) is 0 Å². The van der Waals surface area contributed by atoms with Crippen molar-refractivity contribution < 1.29 is 46.2 Å². The number of rotatable bonds is 8. The first-order chi connectivity index (χ1) is 18.8. The molecule has 208 valence electrons. The van der Waals surface area contributed by atoms with E-state index < -0.39 is 48.3 Å². The van der Waals surface area contributed by atoms with Crippen LogP contribution in [0.2, 0.25) is 0 Å². The van der Waals surface area contributed by atoms with Gasteiger partial charge >= 0.3 is 11.9 Å². The molecule has 1 aliphatic carbocycles. The lowest BCUT2D eigenvalue weighted by atomic mass is 9.77. The van der Waals surface area contributed by atoms with Crippen LogP contribution in [-0.2, 0) is 30.2 Å². The van der Waals surface area contributed by atoms with Crippen molar-refractivity contribution in [2.75, 3.05) is 34.1 Å². The third kappa shape index (κ3) is 4.63. The second kappa shape index (κ2) is 9.73. The molecule has 38 heavy (non-hydrogen) atoms. The zero-order valence-electron chi connectivity index (χ0n) is 24.0. The van der Waals surface area contributed by atoms with Crippen molar-refractivity contribution in [3.8, 4) is 11.5 Å². The summed E-state index contributed by atoms with van der Waals surface area (Å²) in [4.78, 5) is 28.5. The largest absolute Gasteiger partial charge is 0.497 e. The molecule has 2 N–H and O–H groups in total. The first kappa shape index (κ1) is 24.2. The number of esters is 2. The van der Waals surface area contributed by atoms with Gasteiger partial charge in [0.05, 0.1) is 40.4 Å². The van der Waals surface area contributed by atoms with E-state index in [1.54, 1.807) is 0 Å². The van der Waals surface area contributed by atoms with Crippen molar-refractivity contribution in [3.05, 3.63) is 35.1 Å². The van der Waals surface area contributed by atoms with E-state index in [4.69, 9.17) is 21.7 Å². The highest BCUT2D eigenvalue weighted by atomic mass is 16.7. The van der Waals surface area contributed by atoms with Crippen LogP contribution in [0.3, 0.4) is 0 Å². The minimum absolute atomic E-state index is 0.0256. The number of carbonyl (C=O) groups is 2. The van der Waals surface area contributed by atoms with E-state index in [9.17, 15) is 19.8 Å². The van der Waals surface area contributed by atoms with Gasteiger partial charge in [-0.2, -0.15) is 0 Å². The maximum absolute atomic E-state index is 13.8. The molecule has 2 unspecified atom stereocenters. The zero-order chi connectivity index (χ0) is 28.9. The van der Waals surface area contributed by atoms with E-state index in [-0.39, 0.29) is 25.6 Å². The summed E-state index contributed by atoms with van der Waals surface area (Å²) in [5.74, 6) is -0.812. The SMILES string of the molecule is [2H]C([2H])OC(=O)CC(O)(CCC(C)(C)O)C(=O)OC1C(OC)=C[C@]23CCCN2CCc2cc4c(cc2[C@H]13)OCO4.